The van der Waals surface area contributed by atoms with Crippen molar-refractivity contribution in [1.29, 1.82) is 0 Å². The van der Waals surface area contributed by atoms with E-state index in [0.717, 1.165) is 34.7 Å². The van der Waals surface area contributed by atoms with Gasteiger partial charge >= 0.3 is 0 Å². The Bertz CT molecular complexity index is 1630. The Morgan fingerprint density at radius 2 is 1.70 bits per heavy atom. The minimum Gasteiger partial charge on any atom is -0.438 e. The molecular formula is C28H31N3O5S. The van der Waals surface area contributed by atoms with Gasteiger partial charge in [0.1, 0.15) is 11.3 Å². The number of aromatic nitrogens is 2. The van der Waals surface area contributed by atoms with Crippen molar-refractivity contribution >= 4 is 15.9 Å². The first-order chi connectivity index (χ1) is 17.6. The zero-order valence-corrected chi connectivity index (χ0v) is 21.8. The van der Waals surface area contributed by atoms with Gasteiger partial charge in [-0.3, -0.25) is 9.59 Å². The lowest BCUT2D eigenvalue weighted by molar-refractivity contribution is 0.0978. The van der Waals surface area contributed by atoms with Crippen LogP contribution in [-0.2, 0) is 16.4 Å². The molecule has 2 N–H and O–H groups in total. The van der Waals surface area contributed by atoms with Gasteiger partial charge in [0.05, 0.1) is 5.69 Å². The van der Waals surface area contributed by atoms with Crippen molar-refractivity contribution in [2.24, 2.45) is 0 Å². The molecule has 2 heterocycles. The first-order valence-corrected chi connectivity index (χ1v) is 13.2. The number of hydrogen-bond donors (Lipinski definition) is 2. The number of nitrogens with one attached hydrogen (secondary N) is 2. The average molecular weight is 522 g/mol. The van der Waals surface area contributed by atoms with E-state index in [2.05, 4.69) is 16.9 Å². The van der Waals surface area contributed by atoms with Gasteiger partial charge in [-0.05, 0) is 68.1 Å². The Hall–Kier alpha value is -4.24. The standard InChI is InChI=1S/C28H27N3O5S.2H2/c1-5-20-8-10-21(11-9-20)23-13-12-22(26(32)31-37(34,35)24-7-6-14-29-27(24)33)28(30-23)36-25-18(3)15-17(2)16-19(25)4;;/h6-16H,5H2,1-4H3,(H,29,33)(H,31,32);2*1H. The van der Waals surface area contributed by atoms with Crippen LogP contribution in [0.15, 0.2) is 76.6 Å². The molecule has 1 amide bonds. The average Bonchev–Trinajstić information content (AvgIpc) is 2.86. The number of nitrogens with zero attached hydrogens (tertiary/aromatic N) is 1. The molecule has 0 radical (unpaired) electrons. The highest BCUT2D eigenvalue weighted by atomic mass is 32.2. The molecule has 0 aliphatic rings. The molecule has 37 heavy (non-hydrogen) atoms. The molecule has 2 aromatic heterocycles. The maximum absolute atomic E-state index is 13.2. The van der Waals surface area contributed by atoms with E-state index in [1.54, 1.807) is 6.07 Å². The molecule has 0 aliphatic heterocycles. The second-order valence-corrected chi connectivity index (χ2v) is 10.4. The van der Waals surface area contributed by atoms with Crippen LogP contribution in [0.1, 0.15) is 42.4 Å². The van der Waals surface area contributed by atoms with E-state index in [0.29, 0.717) is 11.4 Å². The van der Waals surface area contributed by atoms with Crippen LogP contribution in [0.25, 0.3) is 11.3 Å². The van der Waals surface area contributed by atoms with Crippen molar-refractivity contribution in [3.63, 3.8) is 0 Å². The second kappa shape index (κ2) is 10.4. The number of carbonyl (C=O) groups excluding carboxylic acids is 1. The highest BCUT2D eigenvalue weighted by molar-refractivity contribution is 7.90. The fraction of sp³-hybridized carbons (Fsp3) is 0.179. The quantitative estimate of drug-likeness (QED) is 0.339. The Morgan fingerprint density at radius 1 is 1.03 bits per heavy atom. The monoisotopic (exact) mass is 521 g/mol. The number of H-pyrrole nitrogens is 1. The number of pyridine rings is 2. The van der Waals surface area contributed by atoms with Gasteiger partial charge in [0.15, 0.2) is 4.90 Å². The number of carbonyl (C=O) groups is 1. The molecule has 8 nitrogen and oxygen atoms in total. The Balaban J connectivity index is 0.00000267. The summed E-state index contributed by atoms with van der Waals surface area (Å²) in [5, 5.41) is 0. The molecule has 0 atom stereocenters. The van der Waals surface area contributed by atoms with Crippen molar-refractivity contribution in [3.05, 3.63) is 105 Å². The molecule has 0 spiro atoms. The third kappa shape index (κ3) is 5.62. The lowest BCUT2D eigenvalue weighted by atomic mass is 10.1. The fourth-order valence-corrected chi connectivity index (χ4v) is 5.06. The molecular weight excluding hydrogens is 490 g/mol. The molecule has 0 saturated heterocycles. The molecule has 2 aromatic carbocycles. The summed E-state index contributed by atoms with van der Waals surface area (Å²) in [6.07, 6.45) is 2.20. The summed E-state index contributed by atoms with van der Waals surface area (Å²) in [5.41, 5.74) is 4.34. The lowest BCUT2D eigenvalue weighted by Crippen LogP contribution is -2.34. The molecule has 0 saturated carbocycles. The smallest absolute Gasteiger partial charge is 0.270 e. The van der Waals surface area contributed by atoms with Crippen LogP contribution in [0.5, 0.6) is 11.6 Å². The Labute approximate surface area is 218 Å². The number of ether oxygens (including phenoxy) is 1. The zero-order chi connectivity index (χ0) is 26.7. The van der Waals surface area contributed by atoms with E-state index in [1.165, 1.54) is 23.9 Å². The molecule has 9 heteroatoms. The van der Waals surface area contributed by atoms with Crippen LogP contribution in [-0.4, -0.2) is 24.3 Å². The van der Waals surface area contributed by atoms with Crippen LogP contribution in [0.2, 0.25) is 0 Å². The van der Waals surface area contributed by atoms with E-state index >= 15 is 0 Å². The highest BCUT2D eigenvalue weighted by Crippen LogP contribution is 2.32. The number of aromatic amines is 1. The lowest BCUT2D eigenvalue weighted by Gasteiger charge is -2.16. The largest absolute Gasteiger partial charge is 0.438 e. The molecule has 0 bridgehead atoms. The predicted molar refractivity (Wildman–Crippen MR) is 146 cm³/mol. The van der Waals surface area contributed by atoms with Crippen LogP contribution < -0.4 is 15.0 Å². The van der Waals surface area contributed by atoms with Gasteiger partial charge < -0.3 is 9.72 Å². The van der Waals surface area contributed by atoms with Crippen molar-refractivity contribution in [2.45, 2.75) is 39.0 Å². The third-order valence-electron chi connectivity index (χ3n) is 5.86. The van der Waals surface area contributed by atoms with E-state index in [1.807, 2.05) is 61.9 Å². The zero-order valence-electron chi connectivity index (χ0n) is 21.0. The first kappa shape index (κ1) is 25.8. The first-order valence-electron chi connectivity index (χ1n) is 11.7. The van der Waals surface area contributed by atoms with Gasteiger partial charge in [0.2, 0.25) is 5.88 Å². The number of aryl methyl sites for hydroxylation is 4. The summed E-state index contributed by atoms with van der Waals surface area (Å²) in [6, 6.07) is 17.3. The second-order valence-electron chi connectivity index (χ2n) is 8.73. The fourth-order valence-electron chi connectivity index (χ4n) is 4.04. The number of amides is 1. The van der Waals surface area contributed by atoms with Crippen molar-refractivity contribution in [3.8, 4) is 22.9 Å². The normalized spacial score (nSPS) is 11.2. The number of benzene rings is 2. The van der Waals surface area contributed by atoms with Crippen LogP contribution in [0, 0.1) is 20.8 Å². The Kier molecular flexibility index (Phi) is 7.26. The molecule has 0 fully saturated rings. The van der Waals surface area contributed by atoms with E-state index in [-0.39, 0.29) is 14.3 Å². The molecule has 4 rings (SSSR count). The number of rotatable bonds is 7. The maximum atomic E-state index is 13.2. The summed E-state index contributed by atoms with van der Waals surface area (Å²) < 4.78 is 33.7. The van der Waals surface area contributed by atoms with Crippen molar-refractivity contribution in [1.82, 2.24) is 14.7 Å². The van der Waals surface area contributed by atoms with Gasteiger partial charge in [0, 0.05) is 14.6 Å². The number of hydrogen-bond acceptors (Lipinski definition) is 6. The van der Waals surface area contributed by atoms with Crippen molar-refractivity contribution in [2.75, 3.05) is 0 Å². The molecule has 0 aliphatic carbocycles. The SMILES string of the molecule is CCc1ccc(-c2ccc(C(=O)NS(=O)(=O)c3ccc[nH]c3=O)c(Oc3c(C)cc(C)cc3C)n2)cc1.[HH].[HH]. The van der Waals surface area contributed by atoms with E-state index in [4.69, 9.17) is 4.74 Å². The minimum absolute atomic E-state index is 0. The van der Waals surface area contributed by atoms with Crippen LogP contribution in [0.3, 0.4) is 0 Å². The van der Waals surface area contributed by atoms with Gasteiger partial charge in [-0.25, -0.2) is 18.1 Å². The summed E-state index contributed by atoms with van der Waals surface area (Å²) in [4.78, 5) is 31.5. The molecule has 4 aromatic rings. The predicted octanol–water partition coefficient (Wildman–Crippen LogP) is 5.33. The van der Waals surface area contributed by atoms with Gasteiger partial charge in [-0.2, -0.15) is 0 Å². The summed E-state index contributed by atoms with van der Waals surface area (Å²) in [7, 11) is -4.45. The Morgan fingerprint density at radius 3 is 2.32 bits per heavy atom. The summed E-state index contributed by atoms with van der Waals surface area (Å²) in [5.74, 6) is -0.504. The van der Waals surface area contributed by atoms with Crippen LogP contribution in [0.4, 0.5) is 0 Å². The van der Waals surface area contributed by atoms with Gasteiger partial charge in [-0.15, -0.1) is 0 Å². The maximum Gasteiger partial charge on any atom is 0.270 e. The van der Waals surface area contributed by atoms with E-state index < -0.39 is 26.4 Å². The van der Waals surface area contributed by atoms with Gasteiger partial charge in [-0.1, -0.05) is 48.9 Å². The molecule has 194 valence electrons. The third-order valence-corrected chi connectivity index (χ3v) is 7.22. The van der Waals surface area contributed by atoms with E-state index in [9.17, 15) is 18.0 Å². The van der Waals surface area contributed by atoms with Gasteiger partial charge in [0.25, 0.3) is 21.5 Å². The van der Waals surface area contributed by atoms with Crippen LogP contribution >= 0.6 is 0 Å². The topological polar surface area (TPSA) is 118 Å². The minimum atomic E-state index is -4.45. The molecule has 0 unspecified atom stereocenters. The highest BCUT2D eigenvalue weighted by Gasteiger charge is 2.25. The summed E-state index contributed by atoms with van der Waals surface area (Å²) in [6.45, 7) is 7.80. The number of sulfonamides is 1. The van der Waals surface area contributed by atoms with Crippen molar-refractivity contribution < 1.29 is 20.8 Å². The summed E-state index contributed by atoms with van der Waals surface area (Å²) >= 11 is 0.